The predicted molar refractivity (Wildman–Crippen MR) is 180 cm³/mol. The van der Waals surface area contributed by atoms with Gasteiger partial charge in [0.05, 0.1) is 0 Å². The van der Waals surface area contributed by atoms with E-state index in [2.05, 4.69) is 23.9 Å². The summed E-state index contributed by atoms with van der Waals surface area (Å²) >= 11 is 0. The van der Waals surface area contributed by atoms with E-state index in [0.717, 1.165) is 51.4 Å². The average Bonchev–Trinajstić information content (AvgIpc) is 3.43. The highest BCUT2D eigenvalue weighted by Crippen LogP contribution is 2.37. The van der Waals surface area contributed by atoms with Crippen LogP contribution in [0.15, 0.2) is 60.7 Å². The maximum Gasteiger partial charge on any atom is 0.338 e. The summed E-state index contributed by atoms with van der Waals surface area (Å²) in [6.45, 7) is -0.943. The fourth-order valence-corrected chi connectivity index (χ4v) is 8.14. The maximum atomic E-state index is 13.4. The van der Waals surface area contributed by atoms with Crippen LogP contribution in [0.3, 0.4) is 0 Å². The SMILES string of the molecule is CN1[C@@H]2CC[C@H]1CC(OC(=O)C(COC(=O)C(O)C(O)C(=O)OCC(C(=O)OC1C[C@H]3CC[C@@H](C1)N3C)c1ccccc1)c1ccccc1)C2. The summed E-state index contributed by atoms with van der Waals surface area (Å²) in [4.78, 5) is 57.2. The molecule has 10 atom stereocenters. The highest BCUT2D eigenvalue weighted by Gasteiger charge is 2.43. The minimum atomic E-state index is -2.30. The molecule has 2 aromatic rings. The largest absolute Gasteiger partial charge is 0.462 e. The van der Waals surface area contributed by atoms with Crippen LogP contribution in [0.4, 0.5) is 0 Å². The van der Waals surface area contributed by atoms with Gasteiger partial charge in [0, 0.05) is 24.2 Å². The van der Waals surface area contributed by atoms with Gasteiger partial charge >= 0.3 is 23.9 Å². The molecular weight excluding hydrogens is 644 g/mol. The molecule has 4 heterocycles. The molecule has 2 N–H and O–H groups in total. The van der Waals surface area contributed by atoms with Crippen molar-refractivity contribution in [3.05, 3.63) is 71.8 Å². The minimum Gasteiger partial charge on any atom is -0.462 e. The van der Waals surface area contributed by atoms with E-state index in [-0.39, 0.29) is 12.2 Å². The predicted octanol–water partition coefficient (Wildman–Crippen LogP) is 2.70. The number of ether oxygens (including phenoxy) is 4. The molecule has 6 rings (SSSR count). The number of carbonyl (C=O) groups excluding carboxylic acids is 4. The van der Waals surface area contributed by atoms with Crippen LogP contribution < -0.4 is 0 Å². The third-order valence-electron chi connectivity index (χ3n) is 11.2. The normalized spacial score (nSPS) is 28.6. The molecular formula is C38H48N2O10. The first-order valence-electron chi connectivity index (χ1n) is 17.7. The quantitative estimate of drug-likeness (QED) is 0.235. The Bertz CT molecular complexity index is 1350. The van der Waals surface area contributed by atoms with Gasteiger partial charge in [-0.05, 0) is 76.6 Å². The summed E-state index contributed by atoms with van der Waals surface area (Å²) in [6.07, 6.45) is 2.08. The number of fused-ring (bicyclic) bond motifs is 4. The molecule has 4 aliphatic rings. The van der Waals surface area contributed by atoms with Crippen LogP contribution in [-0.2, 0) is 38.1 Å². The Balaban J connectivity index is 1.03. The van der Waals surface area contributed by atoms with Crippen LogP contribution in [0, 0.1) is 0 Å². The van der Waals surface area contributed by atoms with Gasteiger partial charge in [0.1, 0.15) is 37.3 Å². The smallest absolute Gasteiger partial charge is 0.338 e. The zero-order valence-corrected chi connectivity index (χ0v) is 28.7. The van der Waals surface area contributed by atoms with Gasteiger partial charge in [-0.1, -0.05) is 60.7 Å². The molecule has 0 spiro atoms. The lowest BCUT2D eigenvalue weighted by atomic mass is 9.98. The highest BCUT2D eigenvalue weighted by molar-refractivity contribution is 5.86. The third kappa shape index (κ3) is 8.20. The number of esters is 4. The second kappa shape index (κ2) is 16.0. The molecule has 0 amide bonds. The van der Waals surface area contributed by atoms with E-state index < -0.39 is 61.1 Å². The topological polar surface area (TPSA) is 152 Å². The van der Waals surface area contributed by atoms with Crippen LogP contribution >= 0.6 is 0 Å². The van der Waals surface area contributed by atoms with E-state index in [4.69, 9.17) is 18.9 Å². The number of nitrogens with zero attached hydrogens (tertiary/aromatic N) is 2. The number of hydrogen-bond acceptors (Lipinski definition) is 12. The maximum absolute atomic E-state index is 13.4. The molecule has 12 heteroatoms. The van der Waals surface area contributed by atoms with E-state index in [1.54, 1.807) is 60.7 Å². The van der Waals surface area contributed by atoms with Crippen LogP contribution in [0.25, 0.3) is 0 Å². The summed E-state index contributed by atoms with van der Waals surface area (Å²) in [6, 6.07) is 18.9. The zero-order chi connectivity index (χ0) is 35.4. The van der Waals surface area contributed by atoms with Gasteiger partial charge in [0.25, 0.3) is 0 Å². The zero-order valence-electron chi connectivity index (χ0n) is 28.7. The Kier molecular flexibility index (Phi) is 11.5. The fraction of sp³-hybridized carbons (Fsp3) is 0.579. The molecule has 50 heavy (non-hydrogen) atoms. The Morgan fingerprint density at radius 1 is 0.580 bits per heavy atom. The second-order valence-corrected chi connectivity index (χ2v) is 14.2. The lowest BCUT2D eigenvalue weighted by Crippen LogP contribution is -2.44. The first kappa shape index (κ1) is 36.0. The number of carbonyl (C=O) groups is 4. The van der Waals surface area contributed by atoms with Crippen LogP contribution in [0.2, 0.25) is 0 Å². The van der Waals surface area contributed by atoms with E-state index >= 15 is 0 Å². The number of piperidine rings is 2. The molecule has 270 valence electrons. The van der Waals surface area contributed by atoms with Gasteiger partial charge in [-0.3, -0.25) is 9.59 Å². The molecule has 0 aromatic heterocycles. The highest BCUT2D eigenvalue weighted by atomic mass is 16.6. The molecule has 0 aliphatic carbocycles. The van der Waals surface area contributed by atoms with E-state index in [1.165, 1.54) is 0 Å². The summed E-state index contributed by atoms with van der Waals surface area (Å²) < 4.78 is 22.4. The van der Waals surface area contributed by atoms with Crippen LogP contribution in [0.1, 0.15) is 74.3 Å². The number of benzene rings is 2. The molecule has 6 unspecified atom stereocenters. The molecule has 4 aliphatic heterocycles. The molecule has 4 bridgehead atoms. The van der Waals surface area contributed by atoms with Crippen LogP contribution in [0.5, 0.6) is 0 Å². The van der Waals surface area contributed by atoms with Gasteiger partial charge in [0.15, 0.2) is 12.2 Å². The van der Waals surface area contributed by atoms with Gasteiger partial charge < -0.3 is 39.0 Å². The lowest BCUT2D eigenvalue weighted by molar-refractivity contribution is -0.176. The second-order valence-electron chi connectivity index (χ2n) is 14.2. The monoisotopic (exact) mass is 692 g/mol. The third-order valence-corrected chi connectivity index (χ3v) is 11.2. The summed E-state index contributed by atoms with van der Waals surface area (Å²) in [5.41, 5.74) is 1.12. The molecule has 0 saturated carbocycles. The fourth-order valence-electron chi connectivity index (χ4n) is 8.14. The number of aliphatic hydroxyl groups excluding tert-OH is 2. The van der Waals surface area contributed by atoms with Crippen molar-refractivity contribution >= 4 is 23.9 Å². The van der Waals surface area contributed by atoms with E-state index in [9.17, 15) is 29.4 Å². The van der Waals surface area contributed by atoms with Crippen molar-refractivity contribution < 1.29 is 48.3 Å². The summed E-state index contributed by atoms with van der Waals surface area (Å²) in [5.74, 6) is -5.69. The van der Waals surface area contributed by atoms with Crippen molar-refractivity contribution in [3.8, 4) is 0 Å². The Morgan fingerprint density at radius 3 is 1.22 bits per heavy atom. The number of aliphatic hydroxyl groups is 2. The standard InChI is InChI=1S/C38H48N2O10/c1-39-25-13-14-26(39)18-29(17-25)49-35(43)31(23-9-5-3-6-10-23)21-47-37(45)33(41)34(42)38(46)48-22-32(24-11-7-4-8-12-24)36(44)50-30-19-27-15-16-28(20-30)40(27)2/h3-12,25-34,41-42H,13-22H2,1-2H3/t25-,26+,27-,28+,29?,30?,31?,32?,33?,34?. The van der Waals surface area contributed by atoms with Crippen molar-refractivity contribution in [2.45, 2.75) is 112 Å². The summed E-state index contributed by atoms with van der Waals surface area (Å²) in [5, 5.41) is 21.1. The molecule has 4 saturated heterocycles. The van der Waals surface area contributed by atoms with Crippen molar-refractivity contribution in [1.82, 2.24) is 9.80 Å². The van der Waals surface area contributed by atoms with Gasteiger partial charge in [0.2, 0.25) is 0 Å². The Morgan fingerprint density at radius 2 is 0.900 bits per heavy atom. The first-order chi connectivity index (χ1) is 24.1. The number of rotatable bonds is 13. The van der Waals surface area contributed by atoms with Gasteiger partial charge in [-0.2, -0.15) is 0 Å². The van der Waals surface area contributed by atoms with E-state index in [0.29, 0.717) is 35.3 Å². The van der Waals surface area contributed by atoms with Crippen molar-refractivity contribution in [3.63, 3.8) is 0 Å². The Hall–Kier alpha value is -3.84. The Labute approximate surface area is 292 Å². The molecule has 2 aromatic carbocycles. The number of hydrogen-bond donors (Lipinski definition) is 2. The minimum absolute atomic E-state index is 0.253. The first-order valence-corrected chi connectivity index (χ1v) is 17.7. The molecule has 12 nitrogen and oxygen atoms in total. The molecule has 0 radical (unpaired) electrons. The van der Waals surface area contributed by atoms with Gasteiger partial charge in [-0.25, -0.2) is 9.59 Å². The van der Waals surface area contributed by atoms with Crippen molar-refractivity contribution in [2.24, 2.45) is 0 Å². The lowest BCUT2D eigenvalue weighted by Gasteiger charge is -2.36. The summed E-state index contributed by atoms with van der Waals surface area (Å²) in [7, 11) is 4.19. The van der Waals surface area contributed by atoms with Crippen LogP contribution in [-0.4, -0.2) is 120 Å². The average molecular weight is 693 g/mol. The molecule has 4 fully saturated rings. The van der Waals surface area contributed by atoms with Crippen molar-refractivity contribution in [1.29, 1.82) is 0 Å². The van der Waals surface area contributed by atoms with Crippen molar-refractivity contribution in [2.75, 3.05) is 27.3 Å². The van der Waals surface area contributed by atoms with E-state index in [1.807, 2.05) is 0 Å². The van der Waals surface area contributed by atoms with Gasteiger partial charge in [-0.15, -0.1) is 0 Å².